The molecule has 0 unspecified atom stereocenters. The molecular weight excluding hydrogens is 899 g/mol. The van der Waals surface area contributed by atoms with E-state index in [0.717, 1.165) is 12.2 Å². The number of carboxylic acid groups (broad SMARTS) is 1. The van der Waals surface area contributed by atoms with Gasteiger partial charge in [-0.05, 0) is 47.8 Å². The van der Waals surface area contributed by atoms with E-state index in [4.69, 9.17) is 54.5 Å². The van der Waals surface area contributed by atoms with Crippen molar-refractivity contribution in [3.05, 3.63) is 12.2 Å². The molecule has 340 valence electrons. The first kappa shape index (κ1) is 49.9. The lowest BCUT2D eigenvalue weighted by molar-refractivity contribution is -0.131. The van der Waals surface area contributed by atoms with E-state index >= 15 is 0 Å². The Labute approximate surface area is 361 Å². The van der Waals surface area contributed by atoms with Crippen molar-refractivity contribution < 1.29 is 64.1 Å². The zero-order valence-corrected chi connectivity index (χ0v) is 45.9. The Kier molecular flexibility index (Phi) is 15.9. The van der Waals surface area contributed by atoms with Gasteiger partial charge in [0.1, 0.15) is 0 Å². The molecule has 6 aliphatic rings. The number of carbonyl (C=O) groups excluding carboxylic acids is 1. The van der Waals surface area contributed by atoms with Crippen LogP contribution in [0.4, 0.5) is 0 Å². The molecule has 6 rings (SSSR count). The van der Waals surface area contributed by atoms with Gasteiger partial charge in [0.2, 0.25) is 5.91 Å². The maximum absolute atomic E-state index is 12.6. The fraction of sp³-hybridized carbons (Fsp3) is 0.886. The minimum Gasteiger partial charge on any atom is -0.478 e. The number of amides is 1. The molecular formula is C35H73NO15Si8. The number of rotatable bonds is 20. The van der Waals surface area contributed by atoms with Crippen molar-refractivity contribution in [2.75, 3.05) is 6.54 Å². The van der Waals surface area contributed by atoms with Crippen LogP contribution in [0.1, 0.15) is 103 Å². The Morgan fingerprint density at radius 1 is 0.407 bits per heavy atom. The van der Waals surface area contributed by atoms with Crippen LogP contribution in [0.2, 0.25) is 48.4 Å². The molecule has 6 fully saturated rings. The average molecular weight is 973 g/mol. The highest BCUT2D eigenvalue weighted by molar-refractivity contribution is 7.03. The van der Waals surface area contributed by atoms with Crippen molar-refractivity contribution >= 4 is 82.3 Å². The van der Waals surface area contributed by atoms with Crippen molar-refractivity contribution in [3.8, 4) is 0 Å². The van der Waals surface area contributed by atoms with E-state index in [-0.39, 0.29) is 54.0 Å². The predicted octanol–water partition coefficient (Wildman–Crippen LogP) is 7.50. The summed E-state index contributed by atoms with van der Waals surface area (Å²) in [6.07, 6.45) is 2.14. The van der Waals surface area contributed by atoms with Crippen molar-refractivity contribution in [2.45, 2.75) is 152 Å². The molecule has 24 heteroatoms. The average Bonchev–Trinajstić information content (AvgIpc) is 2.95. The normalized spacial score (nSPS) is 38.3. The van der Waals surface area contributed by atoms with Crippen LogP contribution in [0.5, 0.6) is 0 Å². The summed E-state index contributed by atoms with van der Waals surface area (Å²) in [5.74, 6) is -1.36. The fourth-order valence-electron chi connectivity index (χ4n) is 8.59. The van der Waals surface area contributed by atoms with Crippen LogP contribution in [0.15, 0.2) is 12.2 Å². The van der Waals surface area contributed by atoms with Gasteiger partial charge in [-0.15, -0.1) is 0 Å². The molecule has 6 heterocycles. The van der Waals surface area contributed by atoms with Gasteiger partial charge in [0.15, 0.2) is 0 Å². The lowest BCUT2D eigenvalue weighted by Crippen LogP contribution is -2.88. The quantitative estimate of drug-likeness (QED) is 0.0696. The molecule has 8 bridgehead atoms. The minimum absolute atomic E-state index is 0.0344. The lowest BCUT2D eigenvalue weighted by atomic mass is 10.3. The molecule has 0 saturated carbocycles. The zero-order chi connectivity index (χ0) is 43.9. The molecule has 0 radical (unpaired) electrons. The maximum Gasteiger partial charge on any atom is 0.479 e. The standard InChI is InChI=1S/C35H73NO15Si8/c1-27(2)20-53-40-52(19-15-18-36-34(37)16-17-35(38)39)41-54(21-28(3)4)45-56(43-53,23-30(7)8)49-59(26-33(13)14)50-57(44-53,24-31(9)10)46-55(42-52,22-29(5)6)48-58(47-54,51-59)25-32(11)12/h16-17,27-33H,15,18-26H2,1-14H3,(H,36,37)(H,38,39)/b17-16-. The molecule has 6 aliphatic heterocycles. The van der Waals surface area contributed by atoms with Crippen molar-refractivity contribution in [2.24, 2.45) is 41.4 Å². The second-order valence-electron chi connectivity index (χ2n) is 19.9. The smallest absolute Gasteiger partial charge is 0.478 e. The summed E-state index contributed by atoms with van der Waals surface area (Å²) in [5, 5.41) is 11.9. The molecule has 0 aliphatic carbocycles. The molecule has 0 aromatic carbocycles. The van der Waals surface area contributed by atoms with E-state index in [0.29, 0.717) is 48.7 Å². The summed E-state index contributed by atoms with van der Waals surface area (Å²) in [4.78, 5) is 23.8. The molecule has 1 amide bonds. The summed E-state index contributed by atoms with van der Waals surface area (Å²) in [6, 6.07) is 3.06. The SMILES string of the molecule is CC(C)C[Si]12O[Si]3(CCCNC(=O)/C=C\C(=O)O)O[Si]4(CC(C)C)O[Si](CC(C)C)(O1)O[Si]1(CC(C)C)O[Si](CC(C)C)(O2)O[Si](CC(C)C)(O3)O[Si](CC(C)C)(O4)O1. The summed E-state index contributed by atoms with van der Waals surface area (Å²) in [5.41, 5.74) is 0. The second kappa shape index (κ2) is 18.8. The van der Waals surface area contributed by atoms with Gasteiger partial charge in [-0.1, -0.05) is 96.9 Å². The van der Waals surface area contributed by atoms with E-state index in [1.165, 1.54) is 0 Å². The van der Waals surface area contributed by atoms with Gasteiger partial charge in [-0.25, -0.2) is 4.79 Å². The highest BCUT2D eigenvalue weighted by Crippen LogP contribution is 2.55. The van der Waals surface area contributed by atoms with Crippen LogP contribution in [-0.4, -0.2) is 94.0 Å². The van der Waals surface area contributed by atoms with Crippen molar-refractivity contribution in [1.29, 1.82) is 0 Å². The Bertz CT molecular complexity index is 1370. The van der Waals surface area contributed by atoms with Gasteiger partial charge in [-0.3, -0.25) is 4.79 Å². The van der Waals surface area contributed by atoms with Crippen LogP contribution in [0, 0.1) is 41.4 Å². The van der Waals surface area contributed by atoms with Crippen molar-refractivity contribution in [1.82, 2.24) is 5.32 Å². The maximum atomic E-state index is 12.6. The molecule has 0 aromatic heterocycles. The Morgan fingerprint density at radius 3 is 0.831 bits per heavy atom. The number of carbonyl (C=O) groups is 2. The summed E-state index contributed by atoms with van der Waals surface area (Å²) in [7, 11) is -32.3. The van der Waals surface area contributed by atoms with Crippen LogP contribution >= 0.6 is 0 Å². The first-order valence-electron chi connectivity index (χ1n) is 21.8. The number of carboxylic acids is 1. The first-order valence-corrected chi connectivity index (χ1v) is 37.3. The van der Waals surface area contributed by atoms with Crippen molar-refractivity contribution in [3.63, 3.8) is 0 Å². The molecule has 16 nitrogen and oxygen atoms in total. The molecule has 59 heavy (non-hydrogen) atoms. The lowest BCUT2D eigenvalue weighted by Gasteiger charge is -2.64. The Hall–Kier alpha value is -0.0649. The number of nitrogens with one attached hydrogen (secondary N) is 1. The van der Waals surface area contributed by atoms with Crippen LogP contribution in [0.3, 0.4) is 0 Å². The Balaban J connectivity index is 1.87. The fourth-order valence-corrected chi connectivity index (χ4v) is 60.2. The van der Waals surface area contributed by atoms with Crippen LogP contribution < -0.4 is 5.32 Å². The third-order valence-electron chi connectivity index (χ3n) is 9.68. The topological polar surface area (TPSA) is 177 Å². The van der Waals surface area contributed by atoms with Gasteiger partial charge in [0.05, 0.1) is 0 Å². The predicted molar refractivity (Wildman–Crippen MR) is 236 cm³/mol. The van der Waals surface area contributed by atoms with Gasteiger partial charge >= 0.3 is 76.4 Å². The van der Waals surface area contributed by atoms with Gasteiger partial charge in [-0.2, -0.15) is 0 Å². The van der Waals surface area contributed by atoms with E-state index < -0.39 is 82.3 Å². The number of hydrogen-bond acceptors (Lipinski definition) is 14. The second-order valence-corrected chi connectivity index (χ2v) is 44.0. The number of hydrogen-bond donors (Lipinski definition) is 2. The number of aliphatic carboxylic acids is 1. The van der Waals surface area contributed by atoms with E-state index in [1.54, 1.807) is 0 Å². The van der Waals surface area contributed by atoms with Crippen LogP contribution in [0.25, 0.3) is 0 Å². The van der Waals surface area contributed by atoms with Gasteiger partial charge in [0.25, 0.3) is 0 Å². The van der Waals surface area contributed by atoms with E-state index in [1.807, 2.05) is 0 Å². The van der Waals surface area contributed by atoms with E-state index in [9.17, 15) is 9.59 Å². The zero-order valence-electron chi connectivity index (χ0n) is 37.9. The summed E-state index contributed by atoms with van der Waals surface area (Å²) >= 11 is 0. The monoisotopic (exact) mass is 971 g/mol. The molecule has 6 saturated heterocycles. The highest BCUT2D eigenvalue weighted by Gasteiger charge is 2.83. The third-order valence-corrected chi connectivity index (χ3v) is 49.7. The van der Waals surface area contributed by atoms with Gasteiger partial charge < -0.3 is 59.8 Å². The molecule has 0 spiro atoms. The van der Waals surface area contributed by atoms with Gasteiger partial charge in [0, 0.05) is 67.0 Å². The molecule has 2 N–H and O–H groups in total. The van der Waals surface area contributed by atoms with E-state index in [2.05, 4.69) is 102 Å². The first-order chi connectivity index (χ1) is 27.2. The molecule has 0 aromatic rings. The highest BCUT2D eigenvalue weighted by atomic mass is 28.6. The minimum atomic E-state index is -4.16. The largest absolute Gasteiger partial charge is 0.479 e. The summed E-state index contributed by atoms with van der Waals surface area (Å²) < 4.78 is 92.7. The third kappa shape index (κ3) is 12.6. The van der Waals surface area contributed by atoms with Crippen LogP contribution in [-0.2, 0) is 59.0 Å². The Morgan fingerprint density at radius 2 is 0.627 bits per heavy atom. The summed E-state index contributed by atoms with van der Waals surface area (Å²) in [6.45, 7) is 29.8. The molecule has 0 atom stereocenters.